The lowest BCUT2D eigenvalue weighted by Crippen LogP contribution is -2.47. The molecule has 3 amide bonds. The minimum Gasteiger partial charge on any atom is -0.340 e. The first-order valence-corrected chi connectivity index (χ1v) is 10.9. The SMILES string of the molecule is O=C(Nc1ccc(-c2cscn2)cc1)[C@@H]1CCCN(C(=O)CN2CCCC2=O)C1. The predicted octanol–water partition coefficient (Wildman–Crippen LogP) is 2.61. The molecule has 1 aromatic carbocycles. The Balaban J connectivity index is 1.32. The monoisotopic (exact) mass is 412 g/mol. The van der Waals surface area contributed by atoms with Crippen LogP contribution in [-0.2, 0) is 14.4 Å². The van der Waals surface area contributed by atoms with Crippen LogP contribution in [0.5, 0.6) is 0 Å². The Labute approximate surface area is 173 Å². The highest BCUT2D eigenvalue weighted by molar-refractivity contribution is 7.07. The van der Waals surface area contributed by atoms with Gasteiger partial charge in [0.15, 0.2) is 0 Å². The Morgan fingerprint density at radius 1 is 1.17 bits per heavy atom. The summed E-state index contributed by atoms with van der Waals surface area (Å²) in [5.74, 6) is -0.322. The second kappa shape index (κ2) is 8.73. The highest BCUT2D eigenvalue weighted by Crippen LogP contribution is 2.23. The highest BCUT2D eigenvalue weighted by Gasteiger charge is 2.30. The molecule has 2 aromatic rings. The number of piperidine rings is 1. The van der Waals surface area contributed by atoms with E-state index >= 15 is 0 Å². The molecule has 4 rings (SSSR count). The van der Waals surface area contributed by atoms with Crippen molar-refractivity contribution in [1.82, 2.24) is 14.8 Å². The Bertz CT molecular complexity index is 882. The van der Waals surface area contributed by atoms with Gasteiger partial charge in [-0.05, 0) is 31.4 Å². The lowest BCUT2D eigenvalue weighted by Gasteiger charge is -2.33. The molecule has 2 aliphatic rings. The molecule has 0 bridgehead atoms. The first-order valence-electron chi connectivity index (χ1n) is 9.95. The number of rotatable bonds is 5. The van der Waals surface area contributed by atoms with Gasteiger partial charge in [-0.3, -0.25) is 14.4 Å². The number of amides is 3. The molecule has 1 N–H and O–H groups in total. The molecule has 2 saturated heterocycles. The van der Waals surface area contributed by atoms with Gasteiger partial charge >= 0.3 is 0 Å². The van der Waals surface area contributed by atoms with E-state index in [4.69, 9.17) is 0 Å². The molecule has 8 heteroatoms. The smallest absolute Gasteiger partial charge is 0.242 e. The minimum atomic E-state index is -0.236. The zero-order chi connectivity index (χ0) is 20.2. The van der Waals surface area contributed by atoms with Gasteiger partial charge < -0.3 is 15.1 Å². The first-order chi connectivity index (χ1) is 14.1. The van der Waals surface area contributed by atoms with Crippen LogP contribution in [0.2, 0.25) is 0 Å². The number of thiazole rings is 1. The lowest BCUT2D eigenvalue weighted by molar-refractivity contribution is -0.140. The van der Waals surface area contributed by atoms with E-state index in [-0.39, 0.29) is 30.2 Å². The average Bonchev–Trinajstić information content (AvgIpc) is 3.41. The summed E-state index contributed by atoms with van der Waals surface area (Å²) in [4.78, 5) is 44.7. The minimum absolute atomic E-state index is 0.0470. The molecule has 0 aliphatic carbocycles. The number of hydrogen-bond donors (Lipinski definition) is 1. The Kier molecular flexibility index (Phi) is 5.89. The maximum absolute atomic E-state index is 12.7. The van der Waals surface area contributed by atoms with Crippen molar-refractivity contribution in [2.24, 2.45) is 5.92 Å². The molecule has 2 fully saturated rings. The summed E-state index contributed by atoms with van der Waals surface area (Å²) in [6.45, 7) is 1.83. The third-order valence-corrected chi connectivity index (χ3v) is 6.11. The Hall–Kier alpha value is -2.74. The molecule has 29 heavy (non-hydrogen) atoms. The summed E-state index contributed by atoms with van der Waals surface area (Å²) < 4.78 is 0. The molecule has 2 aliphatic heterocycles. The molecule has 0 saturated carbocycles. The number of nitrogens with one attached hydrogen (secondary N) is 1. The van der Waals surface area contributed by atoms with Crippen LogP contribution in [0.4, 0.5) is 5.69 Å². The maximum atomic E-state index is 12.7. The fourth-order valence-electron chi connectivity index (χ4n) is 3.88. The number of likely N-dealkylation sites (tertiary alicyclic amines) is 2. The van der Waals surface area contributed by atoms with Crippen LogP contribution in [0.15, 0.2) is 35.2 Å². The van der Waals surface area contributed by atoms with Crippen LogP contribution in [-0.4, -0.2) is 58.7 Å². The van der Waals surface area contributed by atoms with Gasteiger partial charge in [0.1, 0.15) is 0 Å². The van der Waals surface area contributed by atoms with Gasteiger partial charge in [-0.25, -0.2) is 4.98 Å². The standard InChI is InChI=1S/C21H24N4O3S/c26-19-4-2-10-25(19)12-20(27)24-9-1-3-16(11-24)21(28)23-17-7-5-15(6-8-17)18-13-29-14-22-18/h5-8,13-14,16H,1-4,9-12H2,(H,23,28)/t16-/m1/s1. The van der Waals surface area contributed by atoms with E-state index in [1.807, 2.05) is 29.6 Å². The van der Waals surface area contributed by atoms with Crippen molar-refractivity contribution >= 4 is 34.7 Å². The van der Waals surface area contributed by atoms with Crippen molar-refractivity contribution in [1.29, 1.82) is 0 Å². The van der Waals surface area contributed by atoms with E-state index in [1.54, 1.807) is 26.6 Å². The number of nitrogens with zero attached hydrogens (tertiary/aromatic N) is 3. The van der Waals surface area contributed by atoms with Crippen LogP contribution in [0.1, 0.15) is 25.7 Å². The van der Waals surface area contributed by atoms with Crippen molar-refractivity contribution in [2.45, 2.75) is 25.7 Å². The van der Waals surface area contributed by atoms with E-state index in [2.05, 4.69) is 10.3 Å². The largest absolute Gasteiger partial charge is 0.340 e. The number of carbonyl (C=O) groups is 3. The second-order valence-electron chi connectivity index (χ2n) is 7.54. The van der Waals surface area contributed by atoms with Gasteiger partial charge in [0.05, 0.1) is 23.7 Å². The molecular weight excluding hydrogens is 388 g/mol. The zero-order valence-corrected chi connectivity index (χ0v) is 17.0. The number of benzene rings is 1. The summed E-state index contributed by atoms with van der Waals surface area (Å²) >= 11 is 1.55. The van der Waals surface area contributed by atoms with E-state index in [9.17, 15) is 14.4 Å². The zero-order valence-electron chi connectivity index (χ0n) is 16.2. The van der Waals surface area contributed by atoms with Crippen molar-refractivity contribution < 1.29 is 14.4 Å². The molecule has 0 radical (unpaired) electrons. The molecule has 152 valence electrons. The molecule has 1 aromatic heterocycles. The van der Waals surface area contributed by atoms with Gasteiger partial charge in [-0.2, -0.15) is 0 Å². The molecular formula is C21H24N4O3S. The van der Waals surface area contributed by atoms with Gasteiger partial charge in [-0.1, -0.05) is 12.1 Å². The topological polar surface area (TPSA) is 82.6 Å². The van der Waals surface area contributed by atoms with Crippen LogP contribution >= 0.6 is 11.3 Å². The van der Waals surface area contributed by atoms with Crippen molar-refractivity contribution in [3.8, 4) is 11.3 Å². The average molecular weight is 413 g/mol. The van der Waals surface area contributed by atoms with Crippen LogP contribution in [0.25, 0.3) is 11.3 Å². The molecule has 1 atom stereocenters. The summed E-state index contributed by atoms with van der Waals surface area (Å²) in [6.07, 6.45) is 2.90. The predicted molar refractivity (Wildman–Crippen MR) is 111 cm³/mol. The maximum Gasteiger partial charge on any atom is 0.242 e. The van der Waals surface area contributed by atoms with E-state index in [1.165, 1.54) is 0 Å². The third kappa shape index (κ3) is 4.64. The molecule has 0 unspecified atom stereocenters. The quantitative estimate of drug-likeness (QED) is 0.818. The second-order valence-corrected chi connectivity index (χ2v) is 8.26. The molecule has 3 heterocycles. The number of carbonyl (C=O) groups excluding carboxylic acids is 3. The van der Waals surface area contributed by atoms with E-state index in [0.717, 1.165) is 36.2 Å². The third-order valence-electron chi connectivity index (χ3n) is 5.52. The van der Waals surface area contributed by atoms with Gasteiger partial charge in [0.2, 0.25) is 17.7 Å². The van der Waals surface area contributed by atoms with Crippen molar-refractivity contribution in [2.75, 3.05) is 31.5 Å². The van der Waals surface area contributed by atoms with Crippen molar-refractivity contribution in [3.63, 3.8) is 0 Å². The fraction of sp³-hybridized carbons (Fsp3) is 0.429. The van der Waals surface area contributed by atoms with Gasteiger partial charge in [0.25, 0.3) is 0 Å². The van der Waals surface area contributed by atoms with Crippen molar-refractivity contribution in [3.05, 3.63) is 35.2 Å². The Morgan fingerprint density at radius 3 is 2.69 bits per heavy atom. The lowest BCUT2D eigenvalue weighted by atomic mass is 9.97. The Morgan fingerprint density at radius 2 is 2.00 bits per heavy atom. The summed E-state index contributed by atoms with van der Waals surface area (Å²) in [7, 11) is 0. The van der Waals surface area contributed by atoms with Gasteiger partial charge in [-0.15, -0.1) is 11.3 Å². The fourth-order valence-corrected chi connectivity index (χ4v) is 4.44. The van der Waals surface area contributed by atoms with E-state index in [0.29, 0.717) is 26.1 Å². The molecule has 0 spiro atoms. The number of hydrogen-bond acceptors (Lipinski definition) is 5. The summed E-state index contributed by atoms with van der Waals surface area (Å²) in [5, 5.41) is 4.95. The number of anilines is 1. The van der Waals surface area contributed by atoms with Gasteiger partial charge in [0, 0.05) is 42.7 Å². The van der Waals surface area contributed by atoms with Crippen LogP contribution < -0.4 is 5.32 Å². The number of aromatic nitrogens is 1. The van der Waals surface area contributed by atoms with Crippen LogP contribution in [0, 0.1) is 5.92 Å². The normalized spacial score (nSPS) is 19.4. The summed E-state index contributed by atoms with van der Waals surface area (Å²) in [6, 6.07) is 7.62. The summed E-state index contributed by atoms with van der Waals surface area (Å²) in [5.41, 5.74) is 4.46. The first kappa shape index (κ1) is 19.6. The van der Waals surface area contributed by atoms with E-state index < -0.39 is 0 Å². The molecule has 7 nitrogen and oxygen atoms in total. The van der Waals surface area contributed by atoms with Crippen LogP contribution in [0.3, 0.4) is 0 Å². The highest BCUT2D eigenvalue weighted by atomic mass is 32.1.